The Morgan fingerprint density at radius 1 is 1.07 bits per heavy atom. The van der Waals surface area contributed by atoms with Gasteiger partial charge in [0.15, 0.2) is 10.8 Å². The largest absolute Gasteiger partial charge is 0.492 e. The monoisotopic (exact) mass is 829 g/mol. The minimum absolute atomic E-state index is 0.0502. The Morgan fingerprint density at radius 3 is 2.51 bits per heavy atom. The number of halogens is 3. The van der Waals surface area contributed by atoms with Crippen molar-refractivity contribution in [3.63, 3.8) is 0 Å². The highest BCUT2D eigenvalue weighted by Crippen LogP contribution is 2.49. The quantitative estimate of drug-likeness (QED) is 0.172. The van der Waals surface area contributed by atoms with Gasteiger partial charge in [0.2, 0.25) is 17.7 Å². The number of alkyl halides is 3. The zero-order valence-electron chi connectivity index (χ0n) is 32.2. The number of nitrogens with zero attached hydrogens (tertiary/aromatic N) is 6. The van der Waals surface area contributed by atoms with Gasteiger partial charge in [-0.3, -0.25) is 39.2 Å². The average molecular weight is 830 g/mol. The highest BCUT2D eigenvalue weighted by Gasteiger charge is 2.60. The summed E-state index contributed by atoms with van der Waals surface area (Å²) >= 11 is 5.79. The Labute approximate surface area is 343 Å². The molecule has 2 bridgehead atoms. The number of carbonyl (C=O) groups excluding carboxylic acids is 4. The molecule has 0 radical (unpaired) electrons. The van der Waals surface area contributed by atoms with Crippen LogP contribution in [-0.4, -0.2) is 100.0 Å². The summed E-state index contributed by atoms with van der Waals surface area (Å²) in [6, 6.07) is 15.0. The molecular weight excluding hydrogens is 788 g/mol. The molecule has 1 saturated carbocycles. The van der Waals surface area contributed by atoms with Crippen LogP contribution in [0.5, 0.6) is 5.75 Å². The lowest BCUT2D eigenvalue weighted by molar-refractivity contribution is -0.138. The van der Waals surface area contributed by atoms with E-state index >= 15 is 0 Å². The molecule has 3 aromatic rings. The molecule has 1 unspecified atom stereocenters. The Bertz CT molecular complexity index is 2260. The molecule has 5 fully saturated rings. The molecule has 308 valence electrons. The maximum Gasteiger partial charge on any atom is 0.419 e. The predicted octanol–water partition coefficient (Wildman–Crippen LogP) is 4.59. The van der Waals surface area contributed by atoms with Gasteiger partial charge < -0.3 is 20.3 Å². The van der Waals surface area contributed by atoms with E-state index in [4.69, 9.17) is 17.0 Å². The van der Waals surface area contributed by atoms with Crippen LogP contribution in [0.25, 0.3) is 0 Å². The van der Waals surface area contributed by atoms with Gasteiger partial charge in [0.05, 0.1) is 24.0 Å². The number of thiocarbonyl (C=S) groups is 1. The number of anilines is 4. The van der Waals surface area contributed by atoms with E-state index < -0.39 is 34.9 Å². The smallest absolute Gasteiger partial charge is 0.419 e. The van der Waals surface area contributed by atoms with Gasteiger partial charge >= 0.3 is 6.18 Å². The zero-order valence-corrected chi connectivity index (χ0v) is 33.0. The van der Waals surface area contributed by atoms with Crippen LogP contribution in [0.4, 0.5) is 35.9 Å². The molecule has 18 heteroatoms. The maximum atomic E-state index is 13.9. The van der Waals surface area contributed by atoms with Crippen molar-refractivity contribution < 1.29 is 37.1 Å². The third-order valence-electron chi connectivity index (χ3n) is 12.0. The molecule has 5 aliphatic rings. The number of imide groups is 1. The summed E-state index contributed by atoms with van der Waals surface area (Å²) in [5.41, 5.74) is -0.351. The fourth-order valence-electron chi connectivity index (χ4n) is 8.89. The van der Waals surface area contributed by atoms with Gasteiger partial charge in [0.25, 0.3) is 5.91 Å². The first kappa shape index (κ1) is 40.2. The van der Waals surface area contributed by atoms with Crippen LogP contribution < -0.4 is 30.5 Å². The number of nitrogens with one attached hydrogen (secondary N) is 3. The van der Waals surface area contributed by atoms with Crippen LogP contribution in [0.2, 0.25) is 0 Å². The minimum atomic E-state index is -4.84. The summed E-state index contributed by atoms with van der Waals surface area (Å²) in [7, 11) is 0. The molecule has 1 aromatic heterocycles. The lowest BCUT2D eigenvalue weighted by Crippen LogP contribution is -2.55. The van der Waals surface area contributed by atoms with Crippen LogP contribution in [-0.2, 0) is 31.8 Å². The van der Waals surface area contributed by atoms with Gasteiger partial charge in [-0.05, 0) is 98.8 Å². The molecule has 2 aromatic carbocycles. The number of nitriles is 1. The van der Waals surface area contributed by atoms with Crippen molar-refractivity contribution in [3.8, 4) is 11.8 Å². The Kier molecular flexibility index (Phi) is 10.8. The second-order valence-electron chi connectivity index (χ2n) is 15.6. The van der Waals surface area contributed by atoms with E-state index in [1.54, 1.807) is 23.1 Å². The maximum absolute atomic E-state index is 13.9. The first-order chi connectivity index (χ1) is 28.3. The topological polar surface area (TPSA) is 163 Å². The number of piperazine rings is 1. The van der Waals surface area contributed by atoms with Crippen molar-refractivity contribution in [2.75, 3.05) is 53.2 Å². The van der Waals surface area contributed by atoms with E-state index in [0.29, 0.717) is 67.7 Å². The number of carbonyl (C=O) groups is 4. The number of pyridine rings is 1. The van der Waals surface area contributed by atoms with Crippen molar-refractivity contribution in [2.24, 2.45) is 0 Å². The number of likely N-dealkylation sites (tertiary alicyclic amines) is 2. The number of amides is 4. The summed E-state index contributed by atoms with van der Waals surface area (Å²) in [6.07, 6.45) is 0.204. The van der Waals surface area contributed by atoms with Crippen LogP contribution in [0.3, 0.4) is 0 Å². The molecule has 59 heavy (non-hydrogen) atoms. The summed E-state index contributed by atoms with van der Waals surface area (Å²) < 4.78 is 47.7. The van der Waals surface area contributed by atoms with Crippen molar-refractivity contribution in [1.82, 2.24) is 20.1 Å². The first-order valence-corrected chi connectivity index (χ1v) is 20.1. The molecule has 4 saturated heterocycles. The van der Waals surface area contributed by atoms with Gasteiger partial charge in [0.1, 0.15) is 30.0 Å². The number of fused-ring (bicyclic) bond motifs is 2. The number of piperidine rings is 1. The molecule has 1 aliphatic carbocycles. The number of aryl methyl sites for hydroxylation is 1. The van der Waals surface area contributed by atoms with Crippen LogP contribution >= 0.6 is 12.2 Å². The third-order valence-corrected chi connectivity index (χ3v) is 12.4. The Hall–Kier alpha value is -5.64. The van der Waals surface area contributed by atoms with E-state index in [0.717, 1.165) is 48.7 Å². The van der Waals surface area contributed by atoms with E-state index in [1.165, 1.54) is 6.07 Å². The second-order valence-corrected chi connectivity index (χ2v) is 15.9. The standard InChI is InChI=1S/C41H42F3N9O5S/c1-2-24-15-27(53-39(59)52(38(57)40(53)11-4-12-40)28-18-31(41(42,43)44)33(19-45)46-20-28)7-9-34(24)58-14-13-50-21-30-17-29(50)22-51(30)23-36(55)48-26-6-3-5-25(16-26)47-32-8-10-35(54)49-37(32)56/h3,5-7,9,15-16,18,20,29-30,32,47H,2,4,8,10-14,17,21-23H2,1H3,(H,48,55)(H,49,54,56)/t29-,30-,32?/m0/s1. The van der Waals surface area contributed by atoms with Crippen molar-refractivity contribution in [2.45, 2.75) is 81.7 Å². The number of hydrogen-bond donors (Lipinski definition) is 3. The highest BCUT2D eigenvalue weighted by molar-refractivity contribution is 7.81. The number of benzene rings is 2. The Morgan fingerprint density at radius 2 is 1.83 bits per heavy atom. The molecule has 4 aliphatic heterocycles. The van der Waals surface area contributed by atoms with E-state index in [2.05, 4.69) is 30.7 Å². The minimum Gasteiger partial charge on any atom is -0.492 e. The van der Waals surface area contributed by atoms with Crippen LogP contribution in [0.1, 0.15) is 62.3 Å². The number of hydrogen-bond acceptors (Lipinski definition) is 11. The first-order valence-electron chi connectivity index (χ1n) is 19.7. The van der Waals surface area contributed by atoms with Crippen molar-refractivity contribution in [3.05, 3.63) is 71.5 Å². The van der Waals surface area contributed by atoms with Crippen LogP contribution in [0, 0.1) is 11.3 Å². The molecule has 14 nitrogen and oxygen atoms in total. The summed E-state index contributed by atoms with van der Waals surface area (Å²) in [5.74, 6) is -0.498. The van der Waals surface area contributed by atoms with E-state index in [1.807, 2.05) is 31.2 Å². The lowest BCUT2D eigenvalue weighted by Gasteiger charge is -2.43. The molecule has 8 rings (SSSR count). The molecule has 3 N–H and O–H groups in total. The van der Waals surface area contributed by atoms with Crippen molar-refractivity contribution >= 4 is 63.7 Å². The zero-order chi connectivity index (χ0) is 41.6. The van der Waals surface area contributed by atoms with E-state index in [-0.39, 0.29) is 47.5 Å². The number of rotatable bonds is 12. The van der Waals surface area contributed by atoms with Gasteiger partial charge in [-0.15, -0.1) is 0 Å². The highest BCUT2D eigenvalue weighted by atomic mass is 32.1. The molecule has 5 heterocycles. The van der Waals surface area contributed by atoms with Gasteiger partial charge in [-0.2, -0.15) is 18.4 Å². The molecule has 1 spiro atoms. The fourth-order valence-corrected chi connectivity index (χ4v) is 9.36. The van der Waals surface area contributed by atoms with Gasteiger partial charge in [0, 0.05) is 55.2 Å². The normalized spacial score (nSPS) is 22.7. The van der Waals surface area contributed by atoms with Crippen LogP contribution in [0.15, 0.2) is 54.7 Å². The van der Waals surface area contributed by atoms with Gasteiger partial charge in [-0.25, -0.2) is 4.98 Å². The SMILES string of the molecule is CCc1cc(N2C(=S)N(c3cnc(C#N)c(C(F)(F)F)c3)C(=O)C23CCC3)ccc1OCCN1C[C@@H]2C[C@H]1CN2CC(=O)Nc1cccc(NC2CCC(=O)NC2=O)c1. The van der Waals surface area contributed by atoms with E-state index in [9.17, 15) is 37.6 Å². The summed E-state index contributed by atoms with van der Waals surface area (Å²) in [5, 5.41) is 17.7. The second kappa shape index (κ2) is 15.8. The third kappa shape index (κ3) is 7.70. The molecule has 4 amide bonds. The lowest BCUT2D eigenvalue weighted by atomic mass is 9.75. The molecular formula is C41H42F3N9O5S. The van der Waals surface area contributed by atoms with Gasteiger partial charge in [-0.1, -0.05) is 13.0 Å². The number of aromatic nitrogens is 1. The fraction of sp³-hybridized carbons (Fsp3) is 0.439. The predicted molar refractivity (Wildman–Crippen MR) is 215 cm³/mol. The van der Waals surface area contributed by atoms with Crippen molar-refractivity contribution in [1.29, 1.82) is 5.26 Å². The Balaban J connectivity index is 0.852. The molecule has 3 atom stereocenters. The summed E-state index contributed by atoms with van der Waals surface area (Å²) in [6.45, 7) is 4.95. The number of ether oxygens (including phenoxy) is 1. The average Bonchev–Trinajstić information content (AvgIpc) is 3.84. The summed E-state index contributed by atoms with van der Waals surface area (Å²) in [4.78, 5) is 61.8.